The van der Waals surface area contributed by atoms with Gasteiger partial charge in [-0.3, -0.25) is 0 Å². The third kappa shape index (κ3) is 5.89. The van der Waals surface area contributed by atoms with Crippen molar-refractivity contribution in [2.24, 2.45) is 0 Å². The van der Waals surface area contributed by atoms with Gasteiger partial charge in [-0.05, 0) is 153 Å². The fourth-order valence-corrected chi connectivity index (χ4v) is 13.2. The molecule has 0 unspecified atom stereocenters. The fraction of sp³-hybridized carbons (Fsp3) is 0.182. The summed E-state index contributed by atoms with van der Waals surface area (Å²) in [6, 6.07) is 53.6. The fourth-order valence-electron chi connectivity index (χ4n) is 13.2. The van der Waals surface area contributed by atoms with Crippen LogP contribution >= 0.6 is 0 Å². The van der Waals surface area contributed by atoms with Crippen molar-refractivity contribution in [3.8, 4) is 17.1 Å². The van der Waals surface area contributed by atoms with E-state index in [9.17, 15) is 0 Å². The molecule has 3 heterocycles. The molecule has 0 aliphatic heterocycles. The topological polar surface area (TPSA) is 14.8 Å². The van der Waals surface area contributed by atoms with Crippen LogP contribution in [0.1, 0.15) is 66.8 Å². The molecule has 0 radical (unpaired) electrons. The summed E-state index contributed by atoms with van der Waals surface area (Å²) >= 11 is 0. The first kappa shape index (κ1) is 43.7. The van der Waals surface area contributed by atoms with Crippen LogP contribution in [0.3, 0.4) is 0 Å². The number of nitrogens with zero attached hydrogens (tertiary/aromatic N) is 3. The van der Waals surface area contributed by atoms with Gasteiger partial charge in [-0.15, -0.1) is 0 Å². The second-order valence-corrected chi connectivity index (χ2v) is 20.3. The molecule has 0 aliphatic carbocycles. The highest BCUT2D eigenvalue weighted by molar-refractivity contribution is 6.97. The molecule has 4 heteroatoms. The van der Waals surface area contributed by atoms with Crippen LogP contribution < -0.4 is 16.4 Å². The predicted molar refractivity (Wildman–Crippen MR) is 304 cm³/mol. The highest BCUT2D eigenvalue weighted by Crippen LogP contribution is 2.40. The number of hydrogen-bond donors (Lipinski definition) is 0. The zero-order chi connectivity index (χ0) is 48.6. The van der Waals surface area contributed by atoms with E-state index < -0.39 is 0 Å². The van der Waals surface area contributed by atoms with Crippen molar-refractivity contribution in [3.05, 3.63) is 212 Å². The molecule has 0 aliphatic rings. The van der Waals surface area contributed by atoms with Gasteiger partial charge in [0.15, 0.2) is 0 Å². The number of rotatable bonds is 6. The largest absolute Gasteiger partial charge is 0.309 e. The minimum atomic E-state index is -0.0428. The summed E-state index contributed by atoms with van der Waals surface area (Å²) in [5.74, 6) is 0. The minimum absolute atomic E-state index is 0.0428. The second-order valence-electron chi connectivity index (χ2n) is 20.3. The van der Waals surface area contributed by atoms with Gasteiger partial charge in [-0.2, -0.15) is 0 Å². The maximum atomic E-state index is 2.55. The molecule has 12 aromatic rings. The Bertz CT molecular complexity index is 3530. The summed E-state index contributed by atoms with van der Waals surface area (Å²) in [5.41, 5.74) is 31.7. The van der Waals surface area contributed by atoms with Gasteiger partial charge >= 0.3 is 0 Å². The second kappa shape index (κ2) is 16.0. The molecule has 342 valence electrons. The van der Waals surface area contributed by atoms with Gasteiger partial charge in [-0.25, -0.2) is 0 Å². The third-order valence-electron chi connectivity index (χ3n) is 17.2. The molecule has 12 rings (SSSR count). The van der Waals surface area contributed by atoms with Crippen molar-refractivity contribution in [1.82, 2.24) is 13.7 Å². The van der Waals surface area contributed by atoms with Gasteiger partial charge in [0.1, 0.15) is 0 Å². The van der Waals surface area contributed by atoms with E-state index in [1.165, 1.54) is 166 Å². The summed E-state index contributed by atoms with van der Waals surface area (Å²) in [5, 5.41) is 7.72. The molecule has 0 atom stereocenters. The van der Waals surface area contributed by atoms with Crippen LogP contribution in [0.15, 0.2) is 146 Å². The lowest BCUT2D eigenvalue weighted by Crippen LogP contribution is -2.58. The Morgan fingerprint density at radius 1 is 0.214 bits per heavy atom. The molecular weight excluding hydrogens is 846 g/mol. The number of fused-ring (bicyclic) bond motifs is 9. The third-order valence-corrected chi connectivity index (χ3v) is 17.2. The van der Waals surface area contributed by atoms with Crippen LogP contribution in [0, 0.1) is 83.1 Å². The van der Waals surface area contributed by atoms with Gasteiger partial charge in [0.05, 0.1) is 50.2 Å². The van der Waals surface area contributed by atoms with Crippen LogP contribution in [0.2, 0.25) is 0 Å². The highest BCUT2D eigenvalue weighted by atomic mass is 15.0. The smallest absolute Gasteiger partial charge is 0.243 e. The van der Waals surface area contributed by atoms with Crippen LogP contribution in [0.5, 0.6) is 0 Å². The molecule has 0 saturated carbocycles. The van der Waals surface area contributed by atoms with Crippen molar-refractivity contribution in [2.75, 3.05) is 0 Å². The molecule has 0 saturated heterocycles. The van der Waals surface area contributed by atoms with Crippen LogP contribution in [-0.2, 0) is 0 Å². The van der Waals surface area contributed by atoms with Crippen molar-refractivity contribution >= 4 is 88.5 Å². The summed E-state index contributed by atoms with van der Waals surface area (Å²) in [7, 11) is 0. The van der Waals surface area contributed by atoms with Crippen molar-refractivity contribution < 1.29 is 0 Å². The van der Waals surface area contributed by atoms with E-state index in [2.05, 4.69) is 242 Å². The maximum absolute atomic E-state index is 2.55. The zero-order valence-corrected chi connectivity index (χ0v) is 42.8. The average molecular weight is 906 g/mol. The van der Waals surface area contributed by atoms with E-state index >= 15 is 0 Å². The number of benzene rings is 9. The zero-order valence-electron chi connectivity index (χ0n) is 42.8. The first-order valence-electron chi connectivity index (χ1n) is 25.1. The minimum Gasteiger partial charge on any atom is -0.309 e. The Labute approximate surface area is 412 Å². The summed E-state index contributed by atoms with van der Waals surface area (Å²) < 4.78 is 7.64. The van der Waals surface area contributed by atoms with Crippen molar-refractivity contribution in [3.63, 3.8) is 0 Å². The maximum Gasteiger partial charge on any atom is 0.243 e. The molecule has 0 spiro atoms. The van der Waals surface area contributed by atoms with Crippen LogP contribution in [0.25, 0.3) is 82.5 Å². The first-order chi connectivity index (χ1) is 33.8. The van der Waals surface area contributed by atoms with Crippen molar-refractivity contribution in [1.29, 1.82) is 0 Å². The SMILES string of the molecule is Cc1c(C)c(-n2c3ccccc3c3ccccc32)c(C)c(C)c1B(c1c(C)c(C)c(-n2c3ccccc3c3ccccc32)c(C)c1C)c1c(C)c(C)c(-n2c3ccccc3c3ccccc32)c(C)c1C. The van der Waals surface area contributed by atoms with Crippen molar-refractivity contribution in [2.45, 2.75) is 83.1 Å². The molecule has 0 bridgehead atoms. The quantitative estimate of drug-likeness (QED) is 0.148. The summed E-state index contributed by atoms with van der Waals surface area (Å²) in [6.45, 7) is 28.7. The highest BCUT2D eigenvalue weighted by Gasteiger charge is 2.37. The molecule has 9 aromatic carbocycles. The van der Waals surface area contributed by atoms with Gasteiger partial charge in [0.2, 0.25) is 6.71 Å². The van der Waals surface area contributed by atoms with Gasteiger partial charge in [0, 0.05) is 32.3 Å². The number of aromatic nitrogens is 3. The van der Waals surface area contributed by atoms with E-state index in [1.54, 1.807) is 0 Å². The molecule has 3 aromatic heterocycles. The first-order valence-corrected chi connectivity index (χ1v) is 25.1. The Balaban J connectivity index is 1.19. The molecule has 0 N–H and O–H groups in total. The lowest BCUT2D eigenvalue weighted by atomic mass is 9.32. The molecule has 0 amide bonds. The number of hydrogen-bond acceptors (Lipinski definition) is 0. The normalized spacial score (nSPS) is 12.0. The monoisotopic (exact) mass is 905 g/mol. The van der Waals surface area contributed by atoms with Gasteiger partial charge in [0.25, 0.3) is 0 Å². The Kier molecular flexibility index (Phi) is 9.99. The Morgan fingerprint density at radius 2 is 0.371 bits per heavy atom. The van der Waals surface area contributed by atoms with Gasteiger partial charge < -0.3 is 13.7 Å². The van der Waals surface area contributed by atoms with Crippen LogP contribution in [0.4, 0.5) is 0 Å². The molecule has 0 fully saturated rings. The average Bonchev–Trinajstić information content (AvgIpc) is 4.01. The molecule has 70 heavy (non-hydrogen) atoms. The van der Waals surface area contributed by atoms with E-state index in [-0.39, 0.29) is 6.71 Å². The van der Waals surface area contributed by atoms with E-state index in [0.29, 0.717) is 0 Å². The van der Waals surface area contributed by atoms with E-state index in [0.717, 1.165) is 0 Å². The predicted octanol–water partition coefficient (Wildman–Crippen LogP) is 15.2. The number of para-hydroxylation sites is 6. The lowest BCUT2D eigenvalue weighted by molar-refractivity contribution is 1.09. The van der Waals surface area contributed by atoms with Gasteiger partial charge in [-0.1, -0.05) is 159 Å². The van der Waals surface area contributed by atoms with E-state index in [1.807, 2.05) is 0 Å². The standard InChI is InChI=1S/C66H60BN3/c1-37-43(7)64(68-55-31-19-13-25-49(55)50-26-14-20-32-56(50)68)44(8)38(2)61(37)67(62-39(3)45(9)65(46(10)40(62)4)69-57-33-21-15-27-51(57)52-28-16-22-34-58(52)69)63-41(5)47(11)66(48(12)42(63)6)70-59-35-23-17-29-53(59)54-30-18-24-36-60(54)70/h13-36H,1-12H3. The van der Waals surface area contributed by atoms with E-state index in [4.69, 9.17) is 0 Å². The summed E-state index contributed by atoms with van der Waals surface area (Å²) in [6.07, 6.45) is 0. The Hall–Kier alpha value is -7.56. The lowest BCUT2D eigenvalue weighted by Gasteiger charge is -2.33. The molecular formula is C66H60BN3. The molecule has 3 nitrogen and oxygen atoms in total. The van der Waals surface area contributed by atoms with Crippen LogP contribution in [-0.4, -0.2) is 20.4 Å². The Morgan fingerprint density at radius 3 is 0.543 bits per heavy atom. The summed E-state index contributed by atoms with van der Waals surface area (Å²) in [4.78, 5) is 0.